The van der Waals surface area contributed by atoms with Crippen molar-refractivity contribution < 1.29 is 0 Å². The van der Waals surface area contributed by atoms with Crippen LogP contribution in [0.2, 0.25) is 0 Å². The largest absolute Gasteiger partial charge is 0.382 e. The third kappa shape index (κ3) is 4.43. The minimum Gasteiger partial charge on any atom is -0.382 e. The first-order valence-electron chi connectivity index (χ1n) is 12.5. The highest BCUT2D eigenvalue weighted by atomic mass is 15.0. The van der Waals surface area contributed by atoms with Crippen LogP contribution >= 0.6 is 0 Å². The number of aromatic nitrogens is 2. The highest BCUT2D eigenvalue weighted by molar-refractivity contribution is 5.73. The Kier molecular flexibility index (Phi) is 6.00. The van der Waals surface area contributed by atoms with Gasteiger partial charge in [-0.1, -0.05) is 48.5 Å². The molecule has 6 rings (SSSR count). The van der Waals surface area contributed by atoms with E-state index in [4.69, 9.17) is 0 Å². The van der Waals surface area contributed by atoms with Crippen LogP contribution in [0.1, 0.15) is 43.1 Å². The molecule has 4 heterocycles. The lowest BCUT2D eigenvalue weighted by molar-refractivity contribution is 0.346. The van der Waals surface area contributed by atoms with Gasteiger partial charge in [0.05, 0.1) is 29.8 Å². The monoisotopic (exact) mass is 452 g/mol. The van der Waals surface area contributed by atoms with E-state index in [1.165, 1.54) is 30.4 Å². The Morgan fingerprint density at radius 1 is 0.765 bits per heavy atom. The van der Waals surface area contributed by atoms with Gasteiger partial charge in [0, 0.05) is 24.7 Å². The van der Waals surface area contributed by atoms with Gasteiger partial charge in [0.15, 0.2) is 0 Å². The summed E-state index contributed by atoms with van der Waals surface area (Å²) in [5.41, 5.74) is 6.89. The van der Waals surface area contributed by atoms with E-state index in [-0.39, 0.29) is 0 Å². The Morgan fingerprint density at radius 2 is 1.47 bits per heavy atom. The normalized spacial score (nSPS) is 24.6. The fourth-order valence-corrected chi connectivity index (χ4v) is 5.31. The van der Waals surface area contributed by atoms with Crippen molar-refractivity contribution >= 4 is 11.9 Å². The molecule has 3 aromatic rings. The second-order valence-electron chi connectivity index (χ2n) is 9.57. The van der Waals surface area contributed by atoms with Crippen LogP contribution in [0.4, 0.5) is 0 Å². The van der Waals surface area contributed by atoms with Gasteiger partial charge in [0.25, 0.3) is 0 Å². The van der Waals surface area contributed by atoms with E-state index in [0.717, 1.165) is 54.4 Å². The number of fused-ring (bicyclic) bond motifs is 1. The summed E-state index contributed by atoms with van der Waals surface area (Å²) in [6.07, 6.45) is 10.9. The van der Waals surface area contributed by atoms with Crippen LogP contribution in [-0.4, -0.2) is 41.9 Å². The highest BCUT2D eigenvalue weighted by Crippen LogP contribution is 2.28. The van der Waals surface area contributed by atoms with Crippen LogP contribution in [0.3, 0.4) is 0 Å². The van der Waals surface area contributed by atoms with Gasteiger partial charge in [-0.2, -0.15) is 0 Å². The number of aliphatic imine (C=N–C) groups is 1. The molecule has 0 radical (unpaired) electrons. The maximum atomic E-state index is 4.62. The zero-order valence-electron chi connectivity index (χ0n) is 19.4. The molecular weight excluding hydrogens is 420 g/mol. The quantitative estimate of drug-likeness (QED) is 0.470. The molecule has 174 valence electrons. The second kappa shape index (κ2) is 9.57. The van der Waals surface area contributed by atoms with Crippen molar-refractivity contribution in [2.24, 2.45) is 10.9 Å². The Labute approximate surface area is 201 Å². The summed E-state index contributed by atoms with van der Waals surface area (Å²) in [5, 5.41) is 10.8. The van der Waals surface area contributed by atoms with Crippen molar-refractivity contribution in [2.75, 3.05) is 19.6 Å². The molecule has 2 fully saturated rings. The molecule has 4 N–H and O–H groups in total. The molecule has 0 bridgehead atoms. The molecular formula is C28H32N6. The molecule has 6 nitrogen and oxygen atoms in total. The third-order valence-electron chi connectivity index (χ3n) is 7.34. The summed E-state index contributed by atoms with van der Waals surface area (Å²) in [4.78, 5) is 12.7. The molecule has 0 aliphatic carbocycles. The molecule has 2 saturated heterocycles. The number of hydrogen-bond donors (Lipinski definition) is 4. The van der Waals surface area contributed by atoms with E-state index in [1.54, 1.807) is 0 Å². The first-order valence-corrected chi connectivity index (χ1v) is 12.5. The molecule has 2 aromatic carbocycles. The Hall–Kier alpha value is -3.22. The predicted octanol–water partition coefficient (Wildman–Crippen LogP) is 4.51. The smallest absolute Gasteiger partial charge is 0.123 e. The molecule has 3 aliphatic rings. The fraction of sp³-hybridized carbons (Fsp3) is 0.357. The number of imidazole rings is 1. The molecule has 2 unspecified atom stereocenters. The van der Waals surface area contributed by atoms with Crippen LogP contribution < -0.4 is 16.0 Å². The van der Waals surface area contributed by atoms with Crippen molar-refractivity contribution in [2.45, 2.75) is 37.8 Å². The van der Waals surface area contributed by atoms with Crippen molar-refractivity contribution in [3.8, 4) is 22.4 Å². The fourth-order valence-electron chi connectivity index (χ4n) is 5.31. The molecule has 34 heavy (non-hydrogen) atoms. The van der Waals surface area contributed by atoms with E-state index in [0.29, 0.717) is 18.0 Å². The maximum absolute atomic E-state index is 4.62. The van der Waals surface area contributed by atoms with Gasteiger partial charge >= 0.3 is 0 Å². The van der Waals surface area contributed by atoms with Gasteiger partial charge < -0.3 is 20.9 Å². The van der Waals surface area contributed by atoms with Crippen LogP contribution in [0, 0.1) is 5.92 Å². The van der Waals surface area contributed by atoms with Crippen molar-refractivity contribution in [3.05, 3.63) is 72.3 Å². The van der Waals surface area contributed by atoms with Crippen molar-refractivity contribution in [1.82, 2.24) is 25.9 Å². The minimum atomic E-state index is 0.361. The number of benzene rings is 2. The summed E-state index contributed by atoms with van der Waals surface area (Å²) in [7, 11) is 0. The summed E-state index contributed by atoms with van der Waals surface area (Å²) < 4.78 is 0. The lowest BCUT2D eigenvalue weighted by Gasteiger charge is -2.32. The van der Waals surface area contributed by atoms with Crippen LogP contribution in [0.25, 0.3) is 28.1 Å². The Bertz CT molecular complexity index is 1170. The van der Waals surface area contributed by atoms with Gasteiger partial charge in [0.2, 0.25) is 0 Å². The van der Waals surface area contributed by atoms with Crippen LogP contribution in [0.5, 0.6) is 0 Å². The van der Waals surface area contributed by atoms with Crippen LogP contribution in [-0.2, 0) is 0 Å². The van der Waals surface area contributed by atoms with Gasteiger partial charge in [0.1, 0.15) is 5.82 Å². The second-order valence-corrected chi connectivity index (χ2v) is 9.57. The molecule has 3 atom stereocenters. The van der Waals surface area contributed by atoms with Crippen molar-refractivity contribution in [1.29, 1.82) is 0 Å². The minimum absolute atomic E-state index is 0.361. The van der Waals surface area contributed by atoms with E-state index in [9.17, 15) is 0 Å². The molecule has 6 heteroatoms. The van der Waals surface area contributed by atoms with Gasteiger partial charge in [-0.3, -0.25) is 4.99 Å². The van der Waals surface area contributed by atoms with Gasteiger partial charge in [-0.15, -0.1) is 0 Å². The summed E-state index contributed by atoms with van der Waals surface area (Å²) in [5.74, 6) is 1.57. The summed E-state index contributed by atoms with van der Waals surface area (Å²) in [6, 6.07) is 18.3. The average molecular weight is 453 g/mol. The first-order chi connectivity index (χ1) is 16.8. The lowest BCUT2D eigenvalue weighted by Crippen LogP contribution is -2.48. The highest BCUT2D eigenvalue weighted by Gasteiger charge is 2.24. The molecule has 3 aliphatic heterocycles. The SMILES string of the molecule is C1=NC=C(c2ccc(-c3ccc(-c4cnc([C@@H]5CCCN5)[nH]4)cc3)cc2)NCC2NCCCC12. The van der Waals surface area contributed by atoms with E-state index < -0.39 is 0 Å². The van der Waals surface area contributed by atoms with Crippen molar-refractivity contribution in [3.63, 3.8) is 0 Å². The predicted molar refractivity (Wildman–Crippen MR) is 138 cm³/mol. The average Bonchev–Trinajstić information content (AvgIpc) is 3.58. The number of hydrogen-bond acceptors (Lipinski definition) is 5. The zero-order chi connectivity index (χ0) is 22.7. The number of nitrogens with one attached hydrogen (secondary N) is 4. The topological polar surface area (TPSA) is 77.1 Å². The maximum Gasteiger partial charge on any atom is 0.123 e. The zero-order valence-corrected chi connectivity index (χ0v) is 19.4. The van der Waals surface area contributed by atoms with E-state index in [2.05, 4.69) is 85.7 Å². The lowest BCUT2D eigenvalue weighted by atomic mass is 9.91. The number of nitrogens with zero attached hydrogens (tertiary/aromatic N) is 2. The number of H-pyrrole nitrogens is 1. The van der Waals surface area contributed by atoms with E-state index in [1.807, 2.05) is 12.4 Å². The van der Waals surface area contributed by atoms with E-state index >= 15 is 0 Å². The number of piperidine rings is 1. The number of aromatic amines is 1. The summed E-state index contributed by atoms with van der Waals surface area (Å²) in [6.45, 7) is 3.10. The molecule has 0 spiro atoms. The first kappa shape index (κ1) is 21.3. The van der Waals surface area contributed by atoms with Gasteiger partial charge in [-0.05, 0) is 61.0 Å². The standard InChI is InChI=1S/C28H32N6/c1-3-23-15-29-16-25(32-17-26(23)31-13-1)21-9-5-19(6-10-21)20-7-11-22(12-8-20)27-18-33-28(34-27)24-4-2-14-30-24/h5-12,15-16,18,23-24,26,30-32H,1-4,13-14,17H2,(H,33,34)/t23?,24-,26?/m0/s1. The molecule has 1 aromatic heterocycles. The van der Waals surface area contributed by atoms with Crippen LogP contribution in [0.15, 0.2) is 65.9 Å². The molecule has 0 saturated carbocycles. The number of rotatable bonds is 4. The third-order valence-corrected chi connectivity index (χ3v) is 7.34. The Morgan fingerprint density at radius 3 is 2.24 bits per heavy atom. The summed E-state index contributed by atoms with van der Waals surface area (Å²) >= 11 is 0. The molecule has 0 amide bonds. The van der Waals surface area contributed by atoms with Gasteiger partial charge in [-0.25, -0.2) is 4.98 Å². The Balaban J connectivity index is 1.15.